The maximum absolute atomic E-state index is 13.6. The summed E-state index contributed by atoms with van der Waals surface area (Å²) < 4.78 is 27.1. The highest BCUT2D eigenvalue weighted by Gasteiger charge is 2.16. The summed E-state index contributed by atoms with van der Waals surface area (Å²) in [6.45, 7) is 1.83. The Morgan fingerprint density at radius 1 is 1.25 bits per heavy atom. The minimum atomic E-state index is -0.924. The molecule has 0 aliphatic rings. The lowest BCUT2D eigenvalue weighted by atomic mass is 10.1. The maximum Gasteiger partial charge on any atom is 0.256 e. The second kappa shape index (κ2) is 5.89. The minimum Gasteiger partial charge on any atom is -0.318 e. The van der Waals surface area contributed by atoms with Gasteiger partial charge in [0.1, 0.15) is 5.82 Å². The molecule has 20 heavy (non-hydrogen) atoms. The van der Waals surface area contributed by atoms with Gasteiger partial charge in [-0.3, -0.25) is 4.79 Å². The van der Waals surface area contributed by atoms with Crippen molar-refractivity contribution in [1.29, 1.82) is 0 Å². The third kappa shape index (κ3) is 3.16. The maximum atomic E-state index is 13.6. The quantitative estimate of drug-likeness (QED) is 0.807. The standard InChI is InChI=1S/C14H9BrClF2NO/c1-7-2-3-10(15)9(4-7)14(20)19-13-11(16)5-8(17)6-12(13)18/h2-6H,1H3,(H,19,20). The van der Waals surface area contributed by atoms with Crippen LogP contribution in [0.1, 0.15) is 15.9 Å². The van der Waals surface area contributed by atoms with Crippen LogP contribution >= 0.6 is 27.5 Å². The fourth-order valence-electron chi connectivity index (χ4n) is 1.66. The number of aryl methyl sites for hydroxylation is 1. The van der Waals surface area contributed by atoms with E-state index in [1.165, 1.54) is 0 Å². The van der Waals surface area contributed by atoms with Crippen LogP contribution in [0.15, 0.2) is 34.8 Å². The van der Waals surface area contributed by atoms with Gasteiger partial charge in [-0.1, -0.05) is 23.2 Å². The monoisotopic (exact) mass is 359 g/mol. The number of carbonyl (C=O) groups excluding carboxylic acids is 1. The van der Waals surface area contributed by atoms with Crippen molar-refractivity contribution in [1.82, 2.24) is 0 Å². The Morgan fingerprint density at radius 3 is 2.60 bits per heavy atom. The third-order valence-corrected chi connectivity index (χ3v) is 3.60. The van der Waals surface area contributed by atoms with E-state index in [9.17, 15) is 13.6 Å². The van der Waals surface area contributed by atoms with Gasteiger partial charge in [-0.25, -0.2) is 8.78 Å². The second-order valence-electron chi connectivity index (χ2n) is 4.18. The summed E-state index contributed by atoms with van der Waals surface area (Å²) in [7, 11) is 0. The molecule has 0 saturated heterocycles. The van der Waals surface area contributed by atoms with E-state index in [2.05, 4.69) is 21.2 Å². The van der Waals surface area contributed by atoms with Gasteiger partial charge in [0.2, 0.25) is 0 Å². The number of amides is 1. The van der Waals surface area contributed by atoms with E-state index in [1.54, 1.807) is 12.1 Å². The van der Waals surface area contributed by atoms with Crippen molar-refractivity contribution in [2.24, 2.45) is 0 Å². The van der Waals surface area contributed by atoms with Gasteiger partial charge in [0, 0.05) is 10.5 Å². The highest BCUT2D eigenvalue weighted by atomic mass is 79.9. The molecule has 0 atom stereocenters. The zero-order valence-corrected chi connectivity index (χ0v) is 12.6. The summed E-state index contributed by atoms with van der Waals surface area (Å²) in [5.74, 6) is -2.26. The van der Waals surface area contributed by atoms with E-state index >= 15 is 0 Å². The molecule has 0 spiro atoms. The van der Waals surface area contributed by atoms with Crippen LogP contribution in [-0.4, -0.2) is 5.91 Å². The molecule has 1 N–H and O–H groups in total. The molecular formula is C14H9BrClF2NO. The van der Waals surface area contributed by atoms with Crippen LogP contribution in [0, 0.1) is 18.6 Å². The first-order chi connectivity index (χ1) is 9.38. The number of hydrogen-bond acceptors (Lipinski definition) is 1. The van der Waals surface area contributed by atoms with Crippen molar-refractivity contribution < 1.29 is 13.6 Å². The molecule has 0 radical (unpaired) electrons. The predicted molar refractivity (Wildman–Crippen MR) is 78.2 cm³/mol. The highest BCUT2D eigenvalue weighted by Crippen LogP contribution is 2.28. The first-order valence-corrected chi connectivity index (χ1v) is 6.77. The summed E-state index contributed by atoms with van der Waals surface area (Å²) in [4.78, 5) is 12.1. The van der Waals surface area contributed by atoms with Gasteiger partial charge in [0.05, 0.1) is 16.3 Å². The first kappa shape index (κ1) is 14.9. The second-order valence-corrected chi connectivity index (χ2v) is 5.44. The molecule has 1 amide bonds. The molecule has 0 unspecified atom stereocenters. The third-order valence-electron chi connectivity index (χ3n) is 2.61. The van der Waals surface area contributed by atoms with Crippen LogP contribution in [0.25, 0.3) is 0 Å². The number of rotatable bonds is 2. The SMILES string of the molecule is Cc1ccc(Br)c(C(=O)Nc2c(F)cc(F)cc2Cl)c1. The normalized spacial score (nSPS) is 10.4. The van der Waals surface area contributed by atoms with Crippen LogP contribution in [0.4, 0.5) is 14.5 Å². The van der Waals surface area contributed by atoms with E-state index in [4.69, 9.17) is 11.6 Å². The van der Waals surface area contributed by atoms with E-state index in [1.807, 2.05) is 13.0 Å². The van der Waals surface area contributed by atoms with Crippen molar-refractivity contribution in [2.45, 2.75) is 6.92 Å². The lowest BCUT2D eigenvalue weighted by Gasteiger charge is -2.10. The lowest BCUT2D eigenvalue weighted by Crippen LogP contribution is -2.14. The van der Waals surface area contributed by atoms with E-state index < -0.39 is 17.5 Å². The Bertz CT molecular complexity index is 668. The van der Waals surface area contributed by atoms with Crippen LogP contribution in [0.2, 0.25) is 5.02 Å². The lowest BCUT2D eigenvalue weighted by molar-refractivity contribution is 0.102. The highest BCUT2D eigenvalue weighted by molar-refractivity contribution is 9.10. The number of hydrogen-bond donors (Lipinski definition) is 1. The first-order valence-electron chi connectivity index (χ1n) is 5.60. The van der Waals surface area contributed by atoms with E-state index in [0.29, 0.717) is 16.1 Å². The molecule has 0 aromatic heterocycles. The van der Waals surface area contributed by atoms with Crippen molar-refractivity contribution >= 4 is 39.1 Å². The van der Waals surface area contributed by atoms with Gasteiger partial charge >= 0.3 is 0 Å². The summed E-state index contributed by atoms with van der Waals surface area (Å²) in [5, 5.41) is 2.15. The Balaban J connectivity index is 2.35. The van der Waals surface area contributed by atoms with Gasteiger partial charge in [0.15, 0.2) is 5.82 Å². The number of halogens is 4. The van der Waals surface area contributed by atoms with Gasteiger partial charge in [-0.15, -0.1) is 0 Å². The molecule has 2 aromatic carbocycles. The summed E-state index contributed by atoms with van der Waals surface area (Å²) >= 11 is 8.98. The molecule has 0 aliphatic carbocycles. The van der Waals surface area contributed by atoms with Crippen molar-refractivity contribution in [3.8, 4) is 0 Å². The number of benzene rings is 2. The molecule has 0 saturated carbocycles. The van der Waals surface area contributed by atoms with E-state index in [0.717, 1.165) is 11.6 Å². The fraction of sp³-hybridized carbons (Fsp3) is 0.0714. The van der Waals surface area contributed by atoms with Gasteiger partial charge < -0.3 is 5.32 Å². The molecule has 2 nitrogen and oxygen atoms in total. The Labute approximate surface area is 127 Å². The number of anilines is 1. The van der Waals surface area contributed by atoms with Crippen LogP contribution in [0.5, 0.6) is 0 Å². The average molecular weight is 361 g/mol. The average Bonchev–Trinajstić information content (AvgIpc) is 2.36. The molecule has 0 bridgehead atoms. The molecule has 0 heterocycles. The fourth-order valence-corrected chi connectivity index (χ4v) is 2.32. The van der Waals surface area contributed by atoms with Gasteiger partial charge in [-0.2, -0.15) is 0 Å². The van der Waals surface area contributed by atoms with Crippen LogP contribution in [0.3, 0.4) is 0 Å². The van der Waals surface area contributed by atoms with Gasteiger partial charge in [-0.05, 0) is 41.1 Å². The zero-order valence-electron chi connectivity index (χ0n) is 10.3. The number of nitrogens with one attached hydrogen (secondary N) is 1. The molecule has 6 heteroatoms. The van der Waals surface area contributed by atoms with Crippen molar-refractivity contribution in [3.63, 3.8) is 0 Å². The van der Waals surface area contributed by atoms with Gasteiger partial charge in [0.25, 0.3) is 5.91 Å². The molecule has 2 aromatic rings. The van der Waals surface area contributed by atoms with E-state index in [-0.39, 0.29) is 10.7 Å². The summed E-state index contributed by atoms with van der Waals surface area (Å²) in [5.41, 5.74) is 0.972. The summed E-state index contributed by atoms with van der Waals surface area (Å²) in [6, 6.07) is 6.78. The largest absolute Gasteiger partial charge is 0.318 e. The Hall–Kier alpha value is -1.46. The molecule has 0 fully saturated rings. The Kier molecular flexibility index (Phi) is 4.40. The predicted octanol–water partition coefficient (Wildman–Crippen LogP) is 4.94. The van der Waals surface area contributed by atoms with Crippen LogP contribution in [-0.2, 0) is 0 Å². The number of carbonyl (C=O) groups is 1. The topological polar surface area (TPSA) is 29.1 Å². The minimum absolute atomic E-state index is 0.195. The van der Waals surface area contributed by atoms with Crippen LogP contribution < -0.4 is 5.32 Å². The molecule has 104 valence electrons. The summed E-state index contributed by atoms with van der Waals surface area (Å²) in [6.07, 6.45) is 0. The van der Waals surface area contributed by atoms with Crippen molar-refractivity contribution in [2.75, 3.05) is 5.32 Å². The molecular weight excluding hydrogens is 352 g/mol. The smallest absolute Gasteiger partial charge is 0.256 e. The molecule has 0 aliphatic heterocycles. The Morgan fingerprint density at radius 2 is 1.95 bits per heavy atom. The molecule has 2 rings (SSSR count). The zero-order chi connectivity index (χ0) is 14.9. The van der Waals surface area contributed by atoms with Crippen molar-refractivity contribution in [3.05, 3.63) is 62.6 Å².